The van der Waals surface area contributed by atoms with Gasteiger partial charge in [0.15, 0.2) is 5.78 Å². The first kappa shape index (κ1) is 9.41. The number of carbonyl (C=O) groups excluding carboxylic acids is 1. The van der Waals surface area contributed by atoms with Crippen LogP contribution in [0.5, 0.6) is 0 Å². The molecule has 1 aliphatic carbocycles. The second-order valence-corrected chi connectivity index (χ2v) is 3.86. The Balaban J connectivity index is 2.35. The predicted octanol–water partition coefficient (Wildman–Crippen LogP) is 2.02. The highest BCUT2D eigenvalue weighted by molar-refractivity contribution is 5.88. The quantitative estimate of drug-likeness (QED) is 0.735. The topological polar surface area (TPSA) is 37.3 Å². The van der Waals surface area contributed by atoms with Crippen LogP contribution < -0.4 is 0 Å². The fourth-order valence-corrected chi connectivity index (χ4v) is 2.03. The van der Waals surface area contributed by atoms with Crippen LogP contribution in [0, 0.1) is 0 Å². The smallest absolute Gasteiger partial charge is 0.168 e. The van der Waals surface area contributed by atoms with Gasteiger partial charge in [-0.05, 0) is 24.8 Å². The molecule has 1 unspecified atom stereocenters. The number of Topliss-reactive ketones (excluding diaryl/α,β-unsaturated/α-hetero) is 1. The van der Waals surface area contributed by atoms with E-state index in [0.717, 1.165) is 18.4 Å². The zero-order valence-corrected chi connectivity index (χ0v) is 8.07. The summed E-state index contributed by atoms with van der Waals surface area (Å²) < 4.78 is 0. The molecule has 0 amide bonds. The Kier molecular flexibility index (Phi) is 2.38. The monoisotopic (exact) mass is 190 g/mol. The second-order valence-electron chi connectivity index (χ2n) is 3.86. The van der Waals surface area contributed by atoms with Crippen molar-refractivity contribution in [1.29, 1.82) is 0 Å². The summed E-state index contributed by atoms with van der Waals surface area (Å²) in [6, 6.07) is 9.25. The van der Waals surface area contributed by atoms with Crippen molar-refractivity contribution < 1.29 is 9.90 Å². The van der Waals surface area contributed by atoms with Crippen LogP contribution in [0.25, 0.3) is 0 Å². The van der Waals surface area contributed by atoms with Crippen molar-refractivity contribution in [1.82, 2.24) is 0 Å². The molecule has 74 valence electrons. The number of aliphatic hydroxyl groups is 1. The third-order valence-electron chi connectivity index (χ3n) is 2.91. The van der Waals surface area contributed by atoms with Crippen LogP contribution in [0.1, 0.15) is 31.2 Å². The Hall–Kier alpha value is -1.15. The van der Waals surface area contributed by atoms with E-state index >= 15 is 0 Å². The lowest BCUT2D eigenvalue weighted by Crippen LogP contribution is -2.38. The number of benzene rings is 1. The molecular formula is C12H14O2. The van der Waals surface area contributed by atoms with E-state index in [1.165, 1.54) is 0 Å². The molecule has 0 heterocycles. The Morgan fingerprint density at radius 3 is 2.50 bits per heavy atom. The summed E-state index contributed by atoms with van der Waals surface area (Å²) in [5.74, 6) is -0.0325. The molecule has 1 saturated carbocycles. The first-order valence-corrected chi connectivity index (χ1v) is 5.05. The summed E-state index contributed by atoms with van der Waals surface area (Å²) in [4.78, 5) is 11.7. The lowest BCUT2D eigenvalue weighted by Gasteiger charge is -2.30. The van der Waals surface area contributed by atoms with E-state index < -0.39 is 5.60 Å². The maximum Gasteiger partial charge on any atom is 0.168 e. The number of carbonyl (C=O) groups is 1. The van der Waals surface area contributed by atoms with Crippen molar-refractivity contribution in [3.05, 3.63) is 35.9 Å². The highest BCUT2D eigenvalue weighted by Crippen LogP contribution is 2.33. The molecule has 1 N–H and O–H groups in total. The van der Waals surface area contributed by atoms with Gasteiger partial charge in [-0.15, -0.1) is 0 Å². The van der Waals surface area contributed by atoms with Crippen molar-refractivity contribution in [2.75, 3.05) is 0 Å². The predicted molar refractivity (Wildman–Crippen MR) is 53.8 cm³/mol. The fraction of sp³-hybridized carbons (Fsp3) is 0.417. The first-order valence-electron chi connectivity index (χ1n) is 5.05. The van der Waals surface area contributed by atoms with Crippen LogP contribution in [0.2, 0.25) is 0 Å². The maximum absolute atomic E-state index is 11.7. The third kappa shape index (κ3) is 1.46. The molecule has 0 bridgehead atoms. The average molecular weight is 190 g/mol. The molecule has 0 radical (unpaired) electrons. The molecule has 2 heteroatoms. The van der Waals surface area contributed by atoms with E-state index in [9.17, 15) is 9.90 Å². The molecular weight excluding hydrogens is 176 g/mol. The van der Waals surface area contributed by atoms with Crippen molar-refractivity contribution in [3.63, 3.8) is 0 Å². The van der Waals surface area contributed by atoms with Gasteiger partial charge in [0, 0.05) is 6.42 Å². The summed E-state index contributed by atoms with van der Waals surface area (Å²) in [5.41, 5.74) is -0.468. The van der Waals surface area contributed by atoms with Crippen LogP contribution in [-0.2, 0) is 10.4 Å². The molecule has 1 aromatic rings. The molecule has 1 fully saturated rings. The summed E-state index contributed by atoms with van der Waals surface area (Å²) >= 11 is 0. The lowest BCUT2D eigenvalue weighted by molar-refractivity contribution is -0.142. The van der Waals surface area contributed by atoms with Crippen LogP contribution in [0.3, 0.4) is 0 Å². The van der Waals surface area contributed by atoms with E-state index in [0.29, 0.717) is 12.8 Å². The highest BCUT2D eigenvalue weighted by atomic mass is 16.3. The highest BCUT2D eigenvalue weighted by Gasteiger charge is 2.38. The van der Waals surface area contributed by atoms with E-state index in [1.807, 2.05) is 30.3 Å². The van der Waals surface area contributed by atoms with Crippen molar-refractivity contribution in [3.8, 4) is 0 Å². The Labute approximate surface area is 83.6 Å². The molecule has 1 aromatic carbocycles. The molecule has 0 aromatic heterocycles. The molecule has 2 nitrogen and oxygen atoms in total. The number of hydrogen-bond donors (Lipinski definition) is 1. The molecule has 1 atom stereocenters. The molecule has 0 aliphatic heterocycles. The molecule has 0 spiro atoms. The third-order valence-corrected chi connectivity index (χ3v) is 2.91. The van der Waals surface area contributed by atoms with E-state index in [-0.39, 0.29) is 5.78 Å². The standard InChI is InChI=1S/C12H14O2/c13-11-8-4-5-9-12(11,14)10-6-2-1-3-7-10/h1-3,6-7,14H,4-5,8-9H2. The van der Waals surface area contributed by atoms with Gasteiger partial charge in [-0.3, -0.25) is 4.79 Å². The van der Waals surface area contributed by atoms with E-state index in [1.54, 1.807) is 0 Å². The minimum absolute atomic E-state index is 0.0325. The van der Waals surface area contributed by atoms with Gasteiger partial charge >= 0.3 is 0 Å². The Morgan fingerprint density at radius 1 is 1.14 bits per heavy atom. The van der Waals surface area contributed by atoms with Crippen LogP contribution >= 0.6 is 0 Å². The SMILES string of the molecule is O=C1CCCCC1(O)c1ccccc1. The number of hydrogen-bond acceptors (Lipinski definition) is 2. The van der Waals surface area contributed by atoms with Crippen LogP contribution in [0.15, 0.2) is 30.3 Å². The average Bonchev–Trinajstić information content (AvgIpc) is 2.24. The van der Waals surface area contributed by atoms with Gasteiger partial charge in [0.2, 0.25) is 0 Å². The fourth-order valence-electron chi connectivity index (χ4n) is 2.03. The second kappa shape index (κ2) is 3.54. The normalized spacial score (nSPS) is 27.6. The van der Waals surface area contributed by atoms with Crippen molar-refractivity contribution in [2.24, 2.45) is 0 Å². The lowest BCUT2D eigenvalue weighted by atomic mass is 9.79. The minimum atomic E-state index is -1.21. The summed E-state index contributed by atoms with van der Waals surface area (Å²) in [6.07, 6.45) is 2.91. The number of rotatable bonds is 1. The van der Waals surface area contributed by atoms with Gasteiger partial charge in [0.1, 0.15) is 5.60 Å². The van der Waals surface area contributed by atoms with Gasteiger partial charge in [-0.25, -0.2) is 0 Å². The number of ketones is 1. The summed E-state index contributed by atoms with van der Waals surface area (Å²) in [6.45, 7) is 0. The summed E-state index contributed by atoms with van der Waals surface area (Å²) in [5, 5.41) is 10.3. The molecule has 0 saturated heterocycles. The Morgan fingerprint density at radius 2 is 1.86 bits per heavy atom. The van der Waals surface area contributed by atoms with Gasteiger partial charge < -0.3 is 5.11 Å². The molecule has 2 rings (SSSR count). The van der Waals surface area contributed by atoms with Crippen molar-refractivity contribution >= 4 is 5.78 Å². The zero-order chi connectivity index (χ0) is 10.0. The minimum Gasteiger partial charge on any atom is -0.377 e. The van der Waals surface area contributed by atoms with Gasteiger partial charge in [0.25, 0.3) is 0 Å². The largest absolute Gasteiger partial charge is 0.377 e. The Bertz CT molecular complexity index is 331. The van der Waals surface area contributed by atoms with Crippen LogP contribution in [0.4, 0.5) is 0 Å². The van der Waals surface area contributed by atoms with Crippen molar-refractivity contribution in [2.45, 2.75) is 31.3 Å². The molecule has 1 aliphatic rings. The molecule has 14 heavy (non-hydrogen) atoms. The zero-order valence-electron chi connectivity index (χ0n) is 8.07. The van der Waals surface area contributed by atoms with Gasteiger partial charge in [0.05, 0.1) is 0 Å². The van der Waals surface area contributed by atoms with E-state index in [2.05, 4.69) is 0 Å². The van der Waals surface area contributed by atoms with Gasteiger partial charge in [-0.1, -0.05) is 30.3 Å². The van der Waals surface area contributed by atoms with Gasteiger partial charge in [-0.2, -0.15) is 0 Å². The maximum atomic E-state index is 11.7. The first-order chi connectivity index (χ1) is 6.73. The van der Waals surface area contributed by atoms with Crippen LogP contribution in [-0.4, -0.2) is 10.9 Å². The summed E-state index contributed by atoms with van der Waals surface area (Å²) in [7, 11) is 0. The van der Waals surface area contributed by atoms with E-state index in [4.69, 9.17) is 0 Å².